The number of nitro benzene ring substituents is 1. The van der Waals surface area contributed by atoms with Gasteiger partial charge < -0.3 is 4.74 Å². The first-order valence-corrected chi connectivity index (χ1v) is 8.97. The molecule has 142 valence electrons. The Morgan fingerprint density at radius 1 is 0.897 bits per heavy atom. The Kier molecular flexibility index (Phi) is 4.99. The van der Waals surface area contributed by atoms with Crippen LogP contribution in [0.1, 0.15) is 27.7 Å². The number of fused-ring (bicyclic) bond motifs is 1. The van der Waals surface area contributed by atoms with Gasteiger partial charge >= 0.3 is 5.97 Å². The molecule has 0 unspecified atom stereocenters. The van der Waals surface area contributed by atoms with E-state index in [-0.39, 0.29) is 11.3 Å². The molecule has 6 nitrogen and oxygen atoms in total. The third-order valence-corrected chi connectivity index (χ3v) is 4.59. The standard InChI is InChI=1S/C23H16N2O4/c26-23(18-10-12-19(13-11-18)25(27)28)29-22(17-7-2-1-3-8-17)21-20-9-5-4-6-16(20)14-15-24-21/h1-15,22H/t22-/m0/s1. The van der Waals surface area contributed by atoms with Gasteiger partial charge in [-0.25, -0.2) is 4.79 Å². The van der Waals surface area contributed by atoms with Crippen LogP contribution in [0.15, 0.2) is 91.1 Å². The minimum absolute atomic E-state index is 0.0862. The summed E-state index contributed by atoms with van der Waals surface area (Å²) in [5.74, 6) is -0.580. The Bertz CT molecular complexity index is 1170. The molecule has 6 heteroatoms. The van der Waals surface area contributed by atoms with Crippen molar-refractivity contribution in [1.29, 1.82) is 0 Å². The van der Waals surface area contributed by atoms with Crippen LogP contribution >= 0.6 is 0 Å². The third kappa shape index (κ3) is 3.82. The molecule has 1 atom stereocenters. The van der Waals surface area contributed by atoms with Gasteiger partial charge in [-0.1, -0.05) is 54.6 Å². The second-order valence-corrected chi connectivity index (χ2v) is 6.42. The first kappa shape index (κ1) is 18.3. The molecule has 0 saturated carbocycles. The monoisotopic (exact) mass is 384 g/mol. The van der Waals surface area contributed by atoms with Gasteiger partial charge in [0.1, 0.15) is 0 Å². The van der Waals surface area contributed by atoms with Crippen LogP contribution in [0, 0.1) is 10.1 Å². The highest BCUT2D eigenvalue weighted by Gasteiger charge is 2.23. The lowest BCUT2D eigenvalue weighted by Crippen LogP contribution is -2.14. The fourth-order valence-electron chi connectivity index (χ4n) is 3.16. The van der Waals surface area contributed by atoms with Gasteiger partial charge in [0.25, 0.3) is 5.69 Å². The number of rotatable bonds is 5. The first-order chi connectivity index (χ1) is 14.1. The maximum Gasteiger partial charge on any atom is 0.339 e. The summed E-state index contributed by atoms with van der Waals surface area (Å²) in [6.45, 7) is 0. The van der Waals surface area contributed by atoms with Crippen molar-refractivity contribution in [2.24, 2.45) is 0 Å². The summed E-state index contributed by atoms with van der Waals surface area (Å²) < 4.78 is 5.85. The van der Waals surface area contributed by atoms with Crippen molar-refractivity contribution in [3.05, 3.63) is 118 Å². The predicted molar refractivity (Wildman–Crippen MR) is 109 cm³/mol. The highest BCUT2D eigenvalue weighted by molar-refractivity contribution is 5.90. The van der Waals surface area contributed by atoms with Crippen LogP contribution in [0.4, 0.5) is 5.69 Å². The first-order valence-electron chi connectivity index (χ1n) is 8.97. The van der Waals surface area contributed by atoms with Crippen LogP contribution in [-0.4, -0.2) is 15.9 Å². The van der Waals surface area contributed by atoms with Gasteiger partial charge in [0.05, 0.1) is 16.2 Å². The Labute approximate surface area is 166 Å². The highest BCUT2D eigenvalue weighted by atomic mass is 16.6. The van der Waals surface area contributed by atoms with Crippen molar-refractivity contribution < 1.29 is 14.5 Å². The second kappa shape index (κ2) is 7.90. The summed E-state index contributed by atoms with van der Waals surface area (Å²) in [5.41, 5.74) is 1.56. The van der Waals surface area contributed by atoms with E-state index in [0.717, 1.165) is 16.3 Å². The van der Waals surface area contributed by atoms with Crippen LogP contribution in [0.3, 0.4) is 0 Å². The second-order valence-electron chi connectivity index (χ2n) is 6.42. The number of pyridine rings is 1. The predicted octanol–water partition coefficient (Wildman–Crippen LogP) is 5.09. The summed E-state index contributed by atoms with van der Waals surface area (Å²) >= 11 is 0. The molecule has 0 fully saturated rings. The maximum atomic E-state index is 12.8. The van der Waals surface area contributed by atoms with Crippen molar-refractivity contribution in [1.82, 2.24) is 4.98 Å². The SMILES string of the molecule is O=C(O[C@@H](c1ccccc1)c1nccc2ccccc12)c1ccc([N+](=O)[O-])cc1. The van der Waals surface area contributed by atoms with Crippen LogP contribution in [0.25, 0.3) is 10.8 Å². The zero-order chi connectivity index (χ0) is 20.2. The van der Waals surface area contributed by atoms with E-state index in [1.165, 1.54) is 24.3 Å². The smallest absolute Gasteiger partial charge is 0.339 e. The number of nitrogens with zero attached hydrogens (tertiary/aromatic N) is 2. The maximum absolute atomic E-state index is 12.8. The van der Waals surface area contributed by atoms with Crippen molar-refractivity contribution in [3.8, 4) is 0 Å². The molecular formula is C23H16N2O4. The fraction of sp³-hybridized carbons (Fsp3) is 0.0435. The van der Waals surface area contributed by atoms with E-state index in [4.69, 9.17) is 4.74 Å². The van der Waals surface area contributed by atoms with Gasteiger partial charge in [0.15, 0.2) is 6.10 Å². The highest BCUT2D eigenvalue weighted by Crippen LogP contribution is 2.31. The molecule has 4 rings (SSSR count). The van der Waals surface area contributed by atoms with Gasteiger partial charge in [-0.3, -0.25) is 15.1 Å². The lowest BCUT2D eigenvalue weighted by Gasteiger charge is -2.19. The summed E-state index contributed by atoms with van der Waals surface area (Å²) in [6, 6.07) is 24.4. The van der Waals surface area contributed by atoms with E-state index < -0.39 is 17.0 Å². The summed E-state index contributed by atoms with van der Waals surface area (Å²) in [7, 11) is 0. The van der Waals surface area contributed by atoms with Gasteiger partial charge in [-0.15, -0.1) is 0 Å². The number of hydrogen-bond donors (Lipinski definition) is 0. The van der Waals surface area contributed by atoms with Crippen LogP contribution in [0.2, 0.25) is 0 Å². The van der Waals surface area contributed by atoms with E-state index in [1.807, 2.05) is 60.7 Å². The fourth-order valence-corrected chi connectivity index (χ4v) is 3.16. The molecule has 0 aliphatic heterocycles. The molecule has 3 aromatic carbocycles. The summed E-state index contributed by atoms with van der Waals surface area (Å²) in [4.78, 5) is 27.6. The number of aromatic nitrogens is 1. The average molecular weight is 384 g/mol. The molecule has 4 aromatic rings. The zero-order valence-electron chi connectivity index (χ0n) is 15.3. The van der Waals surface area contributed by atoms with E-state index in [2.05, 4.69) is 4.98 Å². The van der Waals surface area contributed by atoms with Gasteiger partial charge in [0.2, 0.25) is 0 Å². The number of ether oxygens (including phenoxy) is 1. The third-order valence-electron chi connectivity index (χ3n) is 4.59. The van der Waals surface area contributed by atoms with E-state index >= 15 is 0 Å². The summed E-state index contributed by atoms with van der Waals surface area (Å²) in [6.07, 6.45) is 0.970. The van der Waals surface area contributed by atoms with Crippen LogP contribution < -0.4 is 0 Å². The van der Waals surface area contributed by atoms with Crippen LogP contribution in [-0.2, 0) is 4.74 Å². The lowest BCUT2D eigenvalue weighted by molar-refractivity contribution is -0.384. The van der Waals surface area contributed by atoms with Crippen molar-refractivity contribution in [3.63, 3.8) is 0 Å². The quantitative estimate of drug-likeness (QED) is 0.272. The van der Waals surface area contributed by atoms with Gasteiger partial charge in [-0.05, 0) is 29.1 Å². The van der Waals surface area contributed by atoms with Crippen LogP contribution in [0.5, 0.6) is 0 Å². The van der Waals surface area contributed by atoms with E-state index in [9.17, 15) is 14.9 Å². The molecule has 0 aliphatic carbocycles. The minimum Gasteiger partial charge on any atom is -0.447 e. The van der Waals surface area contributed by atoms with Crippen molar-refractivity contribution in [2.75, 3.05) is 0 Å². The number of carbonyl (C=O) groups is 1. The molecule has 0 saturated heterocycles. The number of nitro groups is 1. The Hall–Kier alpha value is -4.06. The average Bonchev–Trinajstić information content (AvgIpc) is 2.77. The summed E-state index contributed by atoms with van der Waals surface area (Å²) in [5, 5.41) is 12.7. The van der Waals surface area contributed by atoms with Crippen molar-refractivity contribution in [2.45, 2.75) is 6.10 Å². The number of hydrogen-bond acceptors (Lipinski definition) is 5. The number of carbonyl (C=O) groups excluding carboxylic acids is 1. The normalized spacial score (nSPS) is 11.7. The molecule has 0 amide bonds. The Balaban J connectivity index is 1.74. The largest absolute Gasteiger partial charge is 0.447 e. The number of benzene rings is 3. The van der Waals surface area contributed by atoms with E-state index in [0.29, 0.717) is 5.69 Å². The van der Waals surface area contributed by atoms with E-state index in [1.54, 1.807) is 6.20 Å². The number of esters is 1. The molecule has 0 N–H and O–H groups in total. The van der Waals surface area contributed by atoms with Crippen molar-refractivity contribution >= 4 is 22.4 Å². The molecule has 0 spiro atoms. The molecule has 29 heavy (non-hydrogen) atoms. The van der Waals surface area contributed by atoms with Gasteiger partial charge in [-0.2, -0.15) is 0 Å². The number of non-ortho nitro benzene ring substituents is 1. The molecule has 1 heterocycles. The molecule has 0 aliphatic rings. The molecule has 1 aromatic heterocycles. The Morgan fingerprint density at radius 2 is 1.59 bits per heavy atom. The molecular weight excluding hydrogens is 368 g/mol. The Morgan fingerprint density at radius 3 is 2.31 bits per heavy atom. The molecule has 0 bridgehead atoms. The zero-order valence-corrected chi connectivity index (χ0v) is 15.3. The minimum atomic E-state index is -0.718. The topological polar surface area (TPSA) is 82.3 Å². The lowest BCUT2D eigenvalue weighted by atomic mass is 10.0. The van der Waals surface area contributed by atoms with Gasteiger partial charge in [0, 0.05) is 23.7 Å². The molecule has 0 radical (unpaired) electrons.